The van der Waals surface area contributed by atoms with Gasteiger partial charge in [0.25, 0.3) is 0 Å². The molecule has 0 bridgehead atoms. The van der Waals surface area contributed by atoms with Crippen LogP contribution in [0.4, 0.5) is 0 Å². The molecule has 0 spiro atoms. The van der Waals surface area contributed by atoms with Crippen LogP contribution in [0.25, 0.3) is 0 Å². The van der Waals surface area contributed by atoms with Gasteiger partial charge in [0, 0.05) is 0 Å². The second-order valence-corrected chi connectivity index (χ2v) is 3.42. The maximum absolute atomic E-state index is 10.4. The number of hydrogen-bond donors (Lipinski definition) is 5. The van der Waals surface area contributed by atoms with Gasteiger partial charge in [0.05, 0.1) is 6.04 Å². The lowest BCUT2D eigenvalue weighted by molar-refractivity contribution is -0.138. The van der Waals surface area contributed by atoms with Crippen LogP contribution in [0.1, 0.15) is 26.2 Å². The molecule has 7 heteroatoms. The second-order valence-electron chi connectivity index (χ2n) is 3.42. The number of amides is 1. The summed E-state index contributed by atoms with van der Waals surface area (Å²) in [5.41, 5.74) is 20.3. The summed E-state index contributed by atoms with van der Waals surface area (Å²) in [7, 11) is 0. The number of primary amides is 1. The Bertz CT molecular complexity index is 209. The van der Waals surface area contributed by atoms with E-state index in [0.29, 0.717) is 13.0 Å². The third kappa shape index (κ3) is 12.8. The Labute approximate surface area is 95.1 Å². The Hall–Kier alpha value is -1.18. The smallest absolute Gasteiger partial charge is 0.320 e. The zero-order valence-electron chi connectivity index (χ0n) is 9.56. The molecule has 0 heterocycles. The Kier molecular flexibility index (Phi) is 11.1. The van der Waals surface area contributed by atoms with E-state index in [1.807, 2.05) is 0 Å². The molecule has 96 valence electrons. The first-order chi connectivity index (χ1) is 7.32. The van der Waals surface area contributed by atoms with Gasteiger partial charge in [-0.2, -0.15) is 0 Å². The lowest BCUT2D eigenvalue weighted by Crippen LogP contribution is -2.36. The first-order valence-electron chi connectivity index (χ1n) is 5.06. The maximum atomic E-state index is 10.4. The van der Waals surface area contributed by atoms with Gasteiger partial charge in [0.1, 0.15) is 6.04 Å². The molecule has 0 aromatic carbocycles. The van der Waals surface area contributed by atoms with E-state index in [2.05, 4.69) is 0 Å². The summed E-state index contributed by atoms with van der Waals surface area (Å²) in [6.07, 6.45) is 2.42. The van der Waals surface area contributed by atoms with Gasteiger partial charge < -0.3 is 28.0 Å². The summed E-state index contributed by atoms with van der Waals surface area (Å²) in [6, 6.07) is -1.23. The number of aliphatic carboxylic acids is 1. The monoisotopic (exact) mass is 234 g/mol. The normalized spacial score (nSPS) is 13.2. The SMILES string of the molecule is CC(N)C(=O)O.NCCCCC(N)C(N)=O. The molecule has 0 saturated heterocycles. The highest BCUT2D eigenvalue weighted by atomic mass is 16.4. The zero-order chi connectivity index (χ0) is 13.1. The summed E-state index contributed by atoms with van der Waals surface area (Å²) in [4.78, 5) is 19.9. The zero-order valence-corrected chi connectivity index (χ0v) is 9.56. The minimum Gasteiger partial charge on any atom is -0.480 e. The molecule has 2 atom stereocenters. The topological polar surface area (TPSA) is 158 Å². The number of unbranched alkanes of at least 4 members (excludes halogenated alkanes) is 1. The molecule has 2 unspecified atom stereocenters. The molecule has 1 amide bonds. The average Bonchev–Trinajstić information content (AvgIpc) is 2.18. The van der Waals surface area contributed by atoms with Gasteiger partial charge in [-0.05, 0) is 26.3 Å². The lowest BCUT2D eigenvalue weighted by atomic mass is 10.1. The van der Waals surface area contributed by atoms with Gasteiger partial charge in [0.2, 0.25) is 5.91 Å². The third-order valence-electron chi connectivity index (χ3n) is 1.72. The van der Waals surface area contributed by atoms with Crippen molar-refractivity contribution < 1.29 is 14.7 Å². The molecule has 16 heavy (non-hydrogen) atoms. The minimum absolute atomic E-state index is 0.433. The number of hydrogen-bond acceptors (Lipinski definition) is 5. The number of carbonyl (C=O) groups is 2. The van der Waals surface area contributed by atoms with Gasteiger partial charge in [-0.1, -0.05) is 6.42 Å². The summed E-state index contributed by atoms with van der Waals surface area (Å²) >= 11 is 0. The number of rotatable bonds is 6. The predicted molar refractivity (Wildman–Crippen MR) is 61.4 cm³/mol. The highest BCUT2D eigenvalue weighted by Gasteiger charge is 2.06. The maximum Gasteiger partial charge on any atom is 0.320 e. The van der Waals surface area contributed by atoms with Crippen LogP contribution in [-0.4, -0.2) is 35.6 Å². The molecule has 0 fully saturated rings. The molecular weight excluding hydrogens is 212 g/mol. The third-order valence-corrected chi connectivity index (χ3v) is 1.72. The number of carbonyl (C=O) groups excluding carboxylic acids is 1. The lowest BCUT2D eigenvalue weighted by Gasteiger charge is -2.04. The molecule has 7 nitrogen and oxygen atoms in total. The molecule has 0 aliphatic carbocycles. The van der Waals surface area contributed by atoms with Crippen molar-refractivity contribution in [3.8, 4) is 0 Å². The fourth-order valence-electron chi connectivity index (χ4n) is 0.651. The van der Waals surface area contributed by atoms with Gasteiger partial charge in [0.15, 0.2) is 0 Å². The largest absolute Gasteiger partial charge is 0.480 e. The summed E-state index contributed by atoms with van der Waals surface area (Å²) in [5, 5.41) is 7.87. The molecule has 0 rings (SSSR count). The van der Waals surface area contributed by atoms with Gasteiger partial charge in [-0.15, -0.1) is 0 Å². The second kappa shape index (κ2) is 10.3. The molecule has 9 N–H and O–H groups in total. The standard InChI is InChI=1S/C6H15N3O.C3H7NO2/c7-4-2-1-3-5(8)6(9)10;1-2(4)3(5)6/h5H,1-4,7-8H2,(H2,9,10);2H,4H2,1H3,(H,5,6). The van der Waals surface area contributed by atoms with Crippen molar-refractivity contribution in [2.75, 3.05) is 6.54 Å². The van der Waals surface area contributed by atoms with Crippen molar-refractivity contribution in [2.45, 2.75) is 38.3 Å². The van der Waals surface area contributed by atoms with E-state index in [4.69, 9.17) is 28.0 Å². The number of carboxylic acids is 1. The van der Waals surface area contributed by atoms with E-state index in [1.165, 1.54) is 6.92 Å². The van der Waals surface area contributed by atoms with E-state index >= 15 is 0 Å². The summed E-state index contributed by atoms with van der Waals surface area (Å²) in [6.45, 7) is 2.06. The van der Waals surface area contributed by atoms with E-state index in [-0.39, 0.29) is 0 Å². The van der Waals surface area contributed by atoms with Gasteiger partial charge in [-0.3, -0.25) is 9.59 Å². The summed E-state index contributed by atoms with van der Waals surface area (Å²) < 4.78 is 0. The van der Waals surface area contributed by atoms with E-state index in [1.54, 1.807) is 0 Å². The first kappa shape index (κ1) is 17.2. The molecule has 0 saturated carbocycles. The van der Waals surface area contributed by atoms with E-state index < -0.39 is 24.0 Å². The number of carboxylic acid groups (broad SMARTS) is 1. The number of nitrogens with two attached hydrogens (primary N) is 4. The minimum atomic E-state index is -0.963. The van der Waals surface area contributed by atoms with Crippen molar-refractivity contribution in [3.05, 3.63) is 0 Å². The average molecular weight is 234 g/mol. The molecule has 0 aliphatic rings. The highest BCUT2D eigenvalue weighted by Crippen LogP contribution is 1.96. The molecule has 0 aliphatic heterocycles. The fraction of sp³-hybridized carbons (Fsp3) is 0.778. The van der Waals surface area contributed by atoms with Crippen LogP contribution < -0.4 is 22.9 Å². The van der Waals surface area contributed by atoms with Crippen LogP contribution in [-0.2, 0) is 9.59 Å². The van der Waals surface area contributed by atoms with Crippen molar-refractivity contribution in [1.29, 1.82) is 0 Å². The quantitative estimate of drug-likeness (QED) is 0.346. The van der Waals surface area contributed by atoms with Crippen LogP contribution in [0.15, 0.2) is 0 Å². The van der Waals surface area contributed by atoms with Gasteiger partial charge in [-0.25, -0.2) is 0 Å². The van der Waals surface area contributed by atoms with Crippen LogP contribution >= 0.6 is 0 Å². The van der Waals surface area contributed by atoms with Gasteiger partial charge >= 0.3 is 5.97 Å². The highest BCUT2D eigenvalue weighted by molar-refractivity contribution is 5.79. The molecule has 0 aromatic rings. The van der Waals surface area contributed by atoms with Crippen molar-refractivity contribution in [3.63, 3.8) is 0 Å². The van der Waals surface area contributed by atoms with Crippen LogP contribution in [0, 0.1) is 0 Å². The Balaban J connectivity index is 0. The summed E-state index contributed by atoms with van der Waals surface area (Å²) in [5.74, 6) is -1.40. The van der Waals surface area contributed by atoms with Crippen LogP contribution in [0.5, 0.6) is 0 Å². The Morgan fingerprint density at radius 2 is 1.69 bits per heavy atom. The van der Waals surface area contributed by atoms with Crippen molar-refractivity contribution in [2.24, 2.45) is 22.9 Å². The van der Waals surface area contributed by atoms with Crippen LogP contribution in [0.3, 0.4) is 0 Å². The van der Waals surface area contributed by atoms with Crippen molar-refractivity contribution in [1.82, 2.24) is 0 Å². The fourth-order valence-corrected chi connectivity index (χ4v) is 0.651. The first-order valence-corrected chi connectivity index (χ1v) is 5.06. The van der Waals surface area contributed by atoms with Crippen molar-refractivity contribution >= 4 is 11.9 Å². The van der Waals surface area contributed by atoms with E-state index in [9.17, 15) is 9.59 Å². The van der Waals surface area contributed by atoms with Crippen LogP contribution in [0.2, 0.25) is 0 Å². The Morgan fingerprint density at radius 1 is 1.25 bits per heavy atom. The predicted octanol–water partition coefficient (Wildman–Crippen LogP) is -1.65. The van der Waals surface area contributed by atoms with E-state index in [0.717, 1.165) is 12.8 Å². The molecule has 0 aromatic heterocycles. The molecular formula is C9H22N4O3. The molecule has 0 radical (unpaired) electrons. The Morgan fingerprint density at radius 3 is 1.94 bits per heavy atom.